The van der Waals surface area contributed by atoms with Crippen LogP contribution in [0.1, 0.15) is 32.8 Å². The minimum Gasteiger partial charge on any atom is -0.339 e. The first kappa shape index (κ1) is 20.9. The van der Waals surface area contributed by atoms with Gasteiger partial charge in [-0.1, -0.05) is 32.9 Å². The van der Waals surface area contributed by atoms with E-state index in [1.165, 1.54) is 0 Å². The Bertz CT molecular complexity index is 693. The molecule has 0 aromatic heterocycles. The number of nitrogens with one attached hydrogen (secondary N) is 1. The van der Waals surface area contributed by atoms with Gasteiger partial charge in [0.05, 0.1) is 4.90 Å². The summed E-state index contributed by atoms with van der Waals surface area (Å²) in [6, 6.07) is 6.11. The molecule has 1 saturated heterocycles. The highest BCUT2D eigenvalue weighted by Crippen LogP contribution is 2.16. The zero-order valence-corrected chi connectivity index (χ0v) is 17.1. The fourth-order valence-corrected chi connectivity index (χ4v) is 4.28. The fraction of sp³-hybridized carbons (Fsp3) is 0.632. The molecule has 2 rings (SSSR count). The number of amides is 1. The van der Waals surface area contributed by atoms with E-state index >= 15 is 0 Å². The molecule has 1 aliphatic heterocycles. The van der Waals surface area contributed by atoms with Gasteiger partial charge in [-0.3, -0.25) is 4.79 Å². The van der Waals surface area contributed by atoms with Crippen molar-refractivity contribution in [3.63, 3.8) is 0 Å². The van der Waals surface area contributed by atoms with Crippen molar-refractivity contribution >= 4 is 15.9 Å². The van der Waals surface area contributed by atoms with Crippen molar-refractivity contribution in [1.82, 2.24) is 14.5 Å². The number of rotatable bonds is 7. The molecule has 0 radical (unpaired) electrons. The molecule has 1 atom stereocenters. The van der Waals surface area contributed by atoms with E-state index in [1.54, 1.807) is 17.0 Å². The zero-order valence-electron chi connectivity index (χ0n) is 16.2. The van der Waals surface area contributed by atoms with Gasteiger partial charge in [0.15, 0.2) is 0 Å². The van der Waals surface area contributed by atoms with Crippen LogP contribution >= 0.6 is 0 Å². The Kier molecular flexibility index (Phi) is 7.20. The second-order valence-electron chi connectivity index (χ2n) is 7.43. The molecule has 1 fully saturated rings. The second kappa shape index (κ2) is 8.97. The summed E-state index contributed by atoms with van der Waals surface area (Å²) in [4.78, 5) is 17.1. The number of sulfonamides is 1. The molecule has 1 aromatic rings. The smallest absolute Gasteiger partial charge is 0.241 e. The van der Waals surface area contributed by atoms with Gasteiger partial charge >= 0.3 is 0 Å². The van der Waals surface area contributed by atoms with Crippen molar-refractivity contribution in [2.45, 2.75) is 44.6 Å². The van der Waals surface area contributed by atoms with Crippen molar-refractivity contribution in [1.29, 1.82) is 0 Å². The average Bonchev–Trinajstić information content (AvgIpc) is 2.60. The molecular weight excluding hydrogens is 350 g/mol. The van der Waals surface area contributed by atoms with Crippen molar-refractivity contribution in [2.75, 3.05) is 33.2 Å². The summed E-state index contributed by atoms with van der Waals surface area (Å²) >= 11 is 0. The third-order valence-electron chi connectivity index (χ3n) is 4.76. The normalized spacial score (nSPS) is 17.5. The molecule has 0 bridgehead atoms. The van der Waals surface area contributed by atoms with Crippen LogP contribution in [0.2, 0.25) is 0 Å². The highest BCUT2D eigenvalue weighted by Gasteiger charge is 2.31. The standard InChI is InChI=1S/C19H31N3O3S/c1-5-16-6-8-17(9-7-16)26(24,25)20-18(14-15(2)3)19(23)22-12-10-21(4)11-13-22/h6-9,15,18,20H,5,10-14H2,1-4H3/t18-/m0/s1. The van der Waals surface area contributed by atoms with Crippen LogP contribution < -0.4 is 4.72 Å². The molecule has 1 N–H and O–H groups in total. The molecule has 7 heteroatoms. The monoisotopic (exact) mass is 381 g/mol. The van der Waals surface area contributed by atoms with E-state index < -0.39 is 16.1 Å². The number of likely N-dealkylation sites (N-methyl/N-ethyl adjacent to an activating group) is 1. The van der Waals surface area contributed by atoms with E-state index in [0.717, 1.165) is 25.1 Å². The van der Waals surface area contributed by atoms with E-state index in [1.807, 2.05) is 40.0 Å². The molecule has 1 amide bonds. The second-order valence-corrected chi connectivity index (χ2v) is 9.14. The topological polar surface area (TPSA) is 69.7 Å². The molecule has 6 nitrogen and oxygen atoms in total. The maximum absolute atomic E-state index is 12.9. The maximum Gasteiger partial charge on any atom is 0.241 e. The molecule has 146 valence electrons. The van der Waals surface area contributed by atoms with Crippen molar-refractivity contribution in [3.8, 4) is 0 Å². The van der Waals surface area contributed by atoms with Gasteiger partial charge in [0.1, 0.15) is 6.04 Å². The lowest BCUT2D eigenvalue weighted by Gasteiger charge is -2.35. The Morgan fingerprint density at radius 2 is 1.69 bits per heavy atom. The number of nitrogens with zero attached hydrogens (tertiary/aromatic N) is 2. The fourth-order valence-electron chi connectivity index (χ4n) is 3.08. The zero-order chi connectivity index (χ0) is 19.3. The van der Waals surface area contributed by atoms with Crippen LogP contribution in [0.5, 0.6) is 0 Å². The summed E-state index contributed by atoms with van der Waals surface area (Å²) in [6.45, 7) is 8.91. The predicted molar refractivity (Wildman–Crippen MR) is 103 cm³/mol. The number of piperazine rings is 1. The Balaban J connectivity index is 2.16. The van der Waals surface area contributed by atoms with Crippen LogP contribution in [0, 0.1) is 5.92 Å². The van der Waals surface area contributed by atoms with Crippen LogP contribution in [0.3, 0.4) is 0 Å². The quantitative estimate of drug-likeness (QED) is 0.781. The van der Waals surface area contributed by atoms with E-state index in [0.29, 0.717) is 19.5 Å². The summed E-state index contributed by atoms with van der Waals surface area (Å²) in [6.07, 6.45) is 1.34. The largest absolute Gasteiger partial charge is 0.339 e. The molecule has 0 saturated carbocycles. The van der Waals surface area contributed by atoms with Gasteiger partial charge in [0.2, 0.25) is 15.9 Å². The lowest BCUT2D eigenvalue weighted by Crippen LogP contribution is -2.54. The first-order valence-electron chi connectivity index (χ1n) is 9.31. The SMILES string of the molecule is CCc1ccc(S(=O)(=O)N[C@@H](CC(C)C)C(=O)N2CCN(C)CC2)cc1. The van der Waals surface area contributed by atoms with Crippen LogP contribution in [0.15, 0.2) is 29.2 Å². The number of carbonyl (C=O) groups excluding carboxylic acids is 1. The highest BCUT2D eigenvalue weighted by atomic mass is 32.2. The predicted octanol–water partition coefficient (Wildman–Crippen LogP) is 1.72. The summed E-state index contributed by atoms with van der Waals surface area (Å²) in [5, 5.41) is 0. The van der Waals surface area contributed by atoms with Crippen LogP contribution in [0.4, 0.5) is 0 Å². The van der Waals surface area contributed by atoms with E-state index in [-0.39, 0.29) is 16.7 Å². The number of aryl methyl sites for hydroxylation is 1. The Hall–Kier alpha value is -1.44. The third-order valence-corrected chi connectivity index (χ3v) is 6.25. The summed E-state index contributed by atoms with van der Waals surface area (Å²) in [5.74, 6) is 0.0853. The number of carbonyl (C=O) groups is 1. The third kappa shape index (κ3) is 5.53. The van der Waals surface area contributed by atoms with Gasteiger partial charge in [-0.15, -0.1) is 0 Å². The Morgan fingerprint density at radius 3 is 2.19 bits per heavy atom. The average molecular weight is 382 g/mol. The maximum atomic E-state index is 12.9. The summed E-state index contributed by atoms with van der Waals surface area (Å²) in [7, 11) is -1.71. The van der Waals surface area contributed by atoms with Crippen molar-refractivity contribution in [2.24, 2.45) is 5.92 Å². The molecule has 0 aliphatic carbocycles. The first-order chi connectivity index (χ1) is 12.2. The minimum absolute atomic E-state index is 0.124. The van der Waals surface area contributed by atoms with Gasteiger partial charge in [0, 0.05) is 26.2 Å². The lowest BCUT2D eigenvalue weighted by molar-refractivity contribution is -0.135. The van der Waals surface area contributed by atoms with Crippen LogP contribution in [-0.2, 0) is 21.2 Å². The van der Waals surface area contributed by atoms with Crippen LogP contribution in [-0.4, -0.2) is 63.4 Å². The van der Waals surface area contributed by atoms with Gasteiger partial charge < -0.3 is 9.80 Å². The van der Waals surface area contributed by atoms with Gasteiger partial charge in [-0.2, -0.15) is 4.72 Å². The van der Waals surface area contributed by atoms with Crippen LogP contribution in [0.25, 0.3) is 0 Å². The molecule has 1 heterocycles. The van der Waals surface area contributed by atoms with E-state index in [2.05, 4.69) is 9.62 Å². The summed E-state index contributed by atoms with van der Waals surface area (Å²) in [5.41, 5.74) is 1.08. The summed E-state index contributed by atoms with van der Waals surface area (Å²) < 4.78 is 28.2. The van der Waals surface area contributed by atoms with Crippen molar-refractivity contribution < 1.29 is 13.2 Å². The van der Waals surface area contributed by atoms with E-state index in [4.69, 9.17) is 0 Å². The van der Waals surface area contributed by atoms with Gasteiger partial charge in [-0.25, -0.2) is 8.42 Å². The molecule has 26 heavy (non-hydrogen) atoms. The van der Waals surface area contributed by atoms with Gasteiger partial charge in [0.25, 0.3) is 0 Å². The highest BCUT2D eigenvalue weighted by molar-refractivity contribution is 7.89. The molecule has 0 spiro atoms. The molecule has 1 aromatic carbocycles. The first-order valence-corrected chi connectivity index (χ1v) is 10.8. The number of hydrogen-bond donors (Lipinski definition) is 1. The van der Waals surface area contributed by atoms with E-state index in [9.17, 15) is 13.2 Å². The Labute approximate surface area is 157 Å². The lowest BCUT2D eigenvalue weighted by atomic mass is 10.0. The number of hydrogen-bond acceptors (Lipinski definition) is 4. The van der Waals surface area contributed by atoms with Gasteiger partial charge in [-0.05, 0) is 43.5 Å². The molecule has 0 unspecified atom stereocenters. The number of benzene rings is 1. The van der Waals surface area contributed by atoms with Crippen molar-refractivity contribution in [3.05, 3.63) is 29.8 Å². The molecular formula is C19H31N3O3S. The minimum atomic E-state index is -3.73. The molecule has 1 aliphatic rings. The Morgan fingerprint density at radius 1 is 1.12 bits per heavy atom.